The molecule has 2 aliphatic rings. The smallest absolute Gasteiger partial charge is 0.119 e. The third kappa shape index (κ3) is 2.35. The van der Waals surface area contributed by atoms with Crippen LogP contribution in [0.2, 0.25) is 0 Å². The molecule has 0 aromatic rings. The molecule has 3 unspecified atom stereocenters. The van der Waals surface area contributed by atoms with Gasteiger partial charge in [0.25, 0.3) is 0 Å². The predicted octanol–water partition coefficient (Wildman–Crippen LogP) is 1.43. The molecule has 3 atom stereocenters. The van der Waals surface area contributed by atoms with Gasteiger partial charge in [0.2, 0.25) is 0 Å². The molecule has 0 amide bonds. The van der Waals surface area contributed by atoms with Crippen molar-refractivity contribution in [2.45, 2.75) is 38.3 Å². The minimum atomic E-state index is -0.294. The summed E-state index contributed by atoms with van der Waals surface area (Å²) in [6.45, 7) is 5.51. The Bertz CT molecular complexity index is 222. The van der Waals surface area contributed by atoms with E-state index in [4.69, 9.17) is 10.5 Å². The number of hydrogen-bond acceptors (Lipinski definition) is 3. The van der Waals surface area contributed by atoms with Crippen molar-refractivity contribution < 1.29 is 4.74 Å². The molecule has 2 fully saturated rings. The molecular weight excluding hydrogens is 188 g/mol. The molecule has 1 aliphatic heterocycles. The van der Waals surface area contributed by atoms with Crippen LogP contribution in [-0.2, 0) is 4.74 Å². The summed E-state index contributed by atoms with van der Waals surface area (Å²) in [4.78, 5) is 2.44. The molecule has 0 aromatic heterocycles. The average molecular weight is 212 g/mol. The van der Waals surface area contributed by atoms with E-state index in [1.807, 2.05) is 0 Å². The van der Waals surface area contributed by atoms with Gasteiger partial charge in [-0.25, -0.2) is 0 Å². The molecule has 3 heteroatoms. The monoisotopic (exact) mass is 212 g/mol. The van der Waals surface area contributed by atoms with E-state index in [9.17, 15) is 0 Å². The molecule has 15 heavy (non-hydrogen) atoms. The summed E-state index contributed by atoms with van der Waals surface area (Å²) in [5.41, 5.74) is 6.00. The summed E-state index contributed by atoms with van der Waals surface area (Å²) in [6.07, 6.45) is 4.66. The SMILES string of the molecule is CC1CN(C)CCCCOC2(N)CCC12. The van der Waals surface area contributed by atoms with Crippen LogP contribution in [-0.4, -0.2) is 37.4 Å². The number of rotatable bonds is 0. The Labute approximate surface area is 93.0 Å². The van der Waals surface area contributed by atoms with Crippen molar-refractivity contribution in [2.24, 2.45) is 17.6 Å². The van der Waals surface area contributed by atoms with E-state index in [1.54, 1.807) is 0 Å². The zero-order valence-corrected chi connectivity index (χ0v) is 10.0. The topological polar surface area (TPSA) is 38.5 Å². The maximum absolute atomic E-state index is 6.29. The van der Waals surface area contributed by atoms with Gasteiger partial charge in [-0.3, -0.25) is 0 Å². The van der Waals surface area contributed by atoms with Crippen LogP contribution < -0.4 is 5.73 Å². The van der Waals surface area contributed by atoms with E-state index in [-0.39, 0.29) is 5.72 Å². The van der Waals surface area contributed by atoms with Crippen molar-refractivity contribution in [3.05, 3.63) is 0 Å². The molecule has 3 nitrogen and oxygen atoms in total. The van der Waals surface area contributed by atoms with E-state index in [2.05, 4.69) is 18.9 Å². The van der Waals surface area contributed by atoms with E-state index in [0.717, 1.165) is 26.0 Å². The Morgan fingerprint density at radius 1 is 1.40 bits per heavy atom. The number of nitrogens with two attached hydrogens (primary N) is 1. The molecule has 0 spiro atoms. The molecule has 1 saturated carbocycles. The van der Waals surface area contributed by atoms with Gasteiger partial charge in [0.1, 0.15) is 5.72 Å². The second-order valence-corrected chi connectivity index (χ2v) is 5.40. The first-order chi connectivity index (χ1) is 7.12. The first-order valence-electron chi connectivity index (χ1n) is 6.23. The fourth-order valence-electron chi connectivity index (χ4n) is 3.00. The molecule has 2 rings (SSSR count). The Morgan fingerprint density at radius 3 is 2.87 bits per heavy atom. The highest BCUT2D eigenvalue weighted by Crippen LogP contribution is 2.42. The Balaban J connectivity index is 1.99. The van der Waals surface area contributed by atoms with E-state index in [0.29, 0.717) is 11.8 Å². The van der Waals surface area contributed by atoms with Crippen molar-refractivity contribution >= 4 is 0 Å². The van der Waals surface area contributed by atoms with Gasteiger partial charge >= 0.3 is 0 Å². The summed E-state index contributed by atoms with van der Waals surface area (Å²) in [5, 5.41) is 0. The number of nitrogens with zero attached hydrogens (tertiary/aromatic N) is 1. The summed E-state index contributed by atoms with van der Waals surface area (Å²) >= 11 is 0. The van der Waals surface area contributed by atoms with E-state index in [1.165, 1.54) is 19.4 Å². The molecule has 1 heterocycles. The first-order valence-corrected chi connectivity index (χ1v) is 6.23. The van der Waals surface area contributed by atoms with E-state index >= 15 is 0 Å². The minimum Gasteiger partial charge on any atom is -0.361 e. The Hall–Kier alpha value is -0.120. The molecule has 0 radical (unpaired) electrons. The number of fused-ring (bicyclic) bond motifs is 1. The Morgan fingerprint density at radius 2 is 2.20 bits per heavy atom. The molecule has 2 N–H and O–H groups in total. The third-order valence-corrected chi connectivity index (χ3v) is 4.07. The quantitative estimate of drug-likeness (QED) is 0.660. The van der Waals surface area contributed by atoms with Crippen LogP contribution in [0.15, 0.2) is 0 Å². The second kappa shape index (κ2) is 4.40. The molecule has 1 saturated heterocycles. The highest BCUT2D eigenvalue weighted by atomic mass is 16.5. The summed E-state index contributed by atoms with van der Waals surface area (Å²) in [5.74, 6) is 1.23. The minimum absolute atomic E-state index is 0.294. The van der Waals surface area contributed by atoms with Crippen molar-refractivity contribution in [2.75, 3.05) is 26.7 Å². The lowest BCUT2D eigenvalue weighted by Crippen LogP contribution is -2.60. The predicted molar refractivity (Wildman–Crippen MR) is 61.5 cm³/mol. The van der Waals surface area contributed by atoms with Crippen molar-refractivity contribution in [3.8, 4) is 0 Å². The zero-order chi connectivity index (χ0) is 10.9. The standard InChI is InChI=1S/C12H24N2O/c1-10-9-14(2)7-3-4-8-15-12(13)6-5-11(10)12/h10-11H,3-9,13H2,1-2H3. The van der Waals surface area contributed by atoms with Crippen LogP contribution in [0.1, 0.15) is 32.6 Å². The van der Waals surface area contributed by atoms with Crippen LogP contribution in [0.5, 0.6) is 0 Å². The van der Waals surface area contributed by atoms with Gasteiger partial charge in [-0.15, -0.1) is 0 Å². The lowest BCUT2D eigenvalue weighted by molar-refractivity contribution is -0.163. The maximum atomic E-state index is 6.29. The summed E-state index contributed by atoms with van der Waals surface area (Å²) < 4.78 is 5.87. The van der Waals surface area contributed by atoms with Crippen LogP contribution in [0.3, 0.4) is 0 Å². The lowest BCUT2D eigenvalue weighted by Gasteiger charge is -2.50. The molecular formula is C12H24N2O. The van der Waals surface area contributed by atoms with Gasteiger partial charge in [-0.05, 0) is 45.2 Å². The van der Waals surface area contributed by atoms with Gasteiger partial charge in [-0.1, -0.05) is 6.92 Å². The van der Waals surface area contributed by atoms with Gasteiger partial charge in [-0.2, -0.15) is 0 Å². The third-order valence-electron chi connectivity index (χ3n) is 4.07. The van der Waals surface area contributed by atoms with Gasteiger partial charge in [0.15, 0.2) is 0 Å². The highest BCUT2D eigenvalue weighted by Gasteiger charge is 2.47. The first kappa shape index (κ1) is 11.4. The number of ether oxygens (including phenoxy) is 1. The average Bonchev–Trinajstić information content (AvgIpc) is 2.13. The Kier molecular flexibility index (Phi) is 3.33. The summed E-state index contributed by atoms with van der Waals surface area (Å²) in [6, 6.07) is 0. The largest absolute Gasteiger partial charge is 0.361 e. The van der Waals surface area contributed by atoms with Crippen LogP contribution in [0.4, 0.5) is 0 Å². The fourth-order valence-corrected chi connectivity index (χ4v) is 3.00. The normalized spacial score (nSPS) is 44.2. The van der Waals surface area contributed by atoms with Crippen molar-refractivity contribution in [1.82, 2.24) is 4.90 Å². The van der Waals surface area contributed by atoms with E-state index < -0.39 is 0 Å². The fraction of sp³-hybridized carbons (Fsp3) is 1.00. The highest BCUT2D eigenvalue weighted by molar-refractivity contribution is 4.96. The molecule has 88 valence electrons. The van der Waals surface area contributed by atoms with Gasteiger partial charge < -0.3 is 15.4 Å². The molecule has 0 aromatic carbocycles. The summed E-state index contributed by atoms with van der Waals surface area (Å²) in [7, 11) is 2.22. The van der Waals surface area contributed by atoms with Gasteiger partial charge in [0.05, 0.1) is 0 Å². The van der Waals surface area contributed by atoms with Crippen LogP contribution in [0, 0.1) is 11.8 Å². The number of hydrogen-bond donors (Lipinski definition) is 1. The lowest BCUT2D eigenvalue weighted by atomic mass is 9.69. The molecule has 0 bridgehead atoms. The van der Waals surface area contributed by atoms with Gasteiger partial charge in [0, 0.05) is 19.1 Å². The van der Waals surface area contributed by atoms with Crippen molar-refractivity contribution in [1.29, 1.82) is 0 Å². The maximum Gasteiger partial charge on any atom is 0.119 e. The second-order valence-electron chi connectivity index (χ2n) is 5.40. The van der Waals surface area contributed by atoms with Crippen LogP contribution >= 0.6 is 0 Å². The van der Waals surface area contributed by atoms with Crippen LogP contribution in [0.25, 0.3) is 0 Å². The zero-order valence-electron chi connectivity index (χ0n) is 10.0. The van der Waals surface area contributed by atoms with Crippen molar-refractivity contribution in [3.63, 3.8) is 0 Å². The molecule has 1 aliphatic carbocycles.